The number of hydrogen-bond acceptors (Lipinski definition) is 4. The molecule has 15 heavy (non-hydrogen) atoms. The molecule has 0 amide bonds. The van der Waals surface area contributed by atoms with Crippen LogP contribution in [0.2, 0.25) is 5.02 Å². The molecule has 78 valence electrons. The largest absolute Gasteiger partial charge is 0.260 e. The van der Waals surface area contributed by atoms with E-state index in [9.17, 15) is 0 Å². The Morgan fingerprint density at radius 2 is 2.40 bits per heavy atom. The molecule has 2 aromatic rings. The van der Waals surface area contributed by atoms with Crippen molar-refractivity contribution in [3.8, 4) is 0 Å². The van der Waals surface area contributed by atoms with Gasteiger partial charge in [-0.15, -0.1) is 11.3 Å². The van der Waals surface area contributed by atoms with Crippen molar-refractivity contribution in [1.82, 2.24) is 9.97 Å². The summed E-state index contributed by atoms with van der Waals surface area (Å²) in [6.45, 7) is 2.00. The SMILES string of the molecule is Cc1csc(SCc2cc(Cl)ccn2)n1. The van der Waals surface area contributed by atoms with Crippen molar-refractivity contribution in [2.75, 3.05) is 0 Å². The molecule has 0 aliphatic rings. The molecule has 0 atom stereocenters. The van der Waals surface area contributed by atoms with E-state index in [4.69, 9.17) is 11.6 Å². The highest BCUT2D eigenvalue weighted by atomic mass is 35.5. The van der Waals surface area contributed by atoms with Gasteiger partial charge in [-0.2, -0.15) is 0 Å². The summed E-state index contributed by atoms with van der Waals surface area (Å²) in [6.07, 6.45) is 1.73. The maximum atomic E-state index is 5.87. The van der Waals surface area contributed by atoms with Crippen LogP contribution in [-0.2, 0) is 5.75 Å². The highest BCUT2D eigenvalue weighted by molar-refractivity contribution is 8.00. The van der Waals surface area contributed by atoms with Crippen molar-refractivity contribution in [1.29, 1.82) is 0 Å². The van der Waals surface area contributed by atoms with E-state index in [0.717, 1.165) is 26.5 Å². The van der Waals surface area contributed by atoms with Crippen LogP contribution in [0.3, 0.4) is 0 Å². The Kier molecular flexibility index (Phi) is 3.61. The van der Waals surface area contributed by atoms with Gasteiger partial charge in [-0.3, -0.25) is 4.98 Å². The van der Waals surface area contributed by atoms with Crippen molar-refractivity contribution in [3.63, 3.8) is 0 Å². The summed E-state index contributed by atoms with van der Waals surface area (Å²) in [5, 5.41) is 2.78. The van der Waals surface area contributed by atoms with E-state index in [-0.39, 0.29) is 0 Å². The number of aryl methyl sites for hydroxylation is 1. The van der Waals surface area contributed by atoms with Gasteiger partial charge < -0.3 is 0 Å². The van der Waals surface area contributed by atoms with E-state index in [2.05, 4.69) is 9.97 Å². The summed E-state index contributed by atoms with van der Waals surface area (Å²) in [5.41, 5.74) is 2.06. The van der Waals surface area contributed by atoms with Crippen molar-refractivity contribution in [2.24, 2.45) is 0 Å². The molecule has 5 heteroatoms. The highest BCUT2D eigenvalue weighted by Crippen LogP contribution is 2.25. The second-order valence-corrected chi connectivity index (χ2v) is 5.53. The summed E-state index contributed by atoms with van der Waals surface area (Å²) in [4.78, 5) is 8.60. The number of aromatic nitrogens is 2. The van der Waals surface area contributed by atoms with E-state index < -0.39 is 0 Å². The lowest BCUT2D eigenvalue weighted by atomic mass is 10.4. The molecular weight excluding hydrogens is 248 g/mol. The van der Waals surface area contributed by atoms with Gasteiger partial charge in [0.25, 0.3) is 0 Å². The van der Waals surface area contributed by atoms with E-state index in [1.165, 1.54) is 0 Å². The Hall–Kier alpha value is -0.580. The van der Waals surface area contributed by atoms with Gasteiger partial charge in [0, 0.05) is 28.0 Å². The van der Waals surface area contributed by atoms with Gasteiger partial charge in [-0.05, 0) is 19.1 Å². The van der Waals surface area contributed by atoms with Crippen LogP contribution in [0, 0.1) is 6.92 Å². The van der Waals surface area contributed by atoms with Crippen LogP contribution >= 0.6 is 34.7 Å². The Bertz CT molecular complexity index is 456. The molecule has 2 heterocycles. The van der Waals surface area contributed by atoms with E-state index >= 15 is 0 Å². The zero-order valence-corrected chi connectivity index (χ0v) is 10.5. The average Bonchev–Trinajstić information content (AvgIpc) is 2.62. The van der Waals surface area contributed by atoms with Crippen molar-refractivity contribution < 1.29 is 0 Å². The molecule has 0 aromatic carbocycles. The van der Waals surface area contributed by atoms with Crippen LogP contribution in [0.25, 0.3) is 0 Å². The Morgan fingerprint density at radius 1 is 1.53 bits per heavy atom. The van der Waals surface area contributed by atoms with Crippen molar-refractivity contribution in [2.45, 2.75) is 17.0 Å². The quantitative estimate of drug-likeness (QED) is 0.782. The van der Waals surface area contributed by atoms with Crippen LogP contribution in [0.5, 0.6) is 0 Å². The number of rotatable bonds is 3. The standard InChI is InChI=1S/C10H9ClN2S2/c1-7-5-14-10(13-7)15-6-9-4-8(11)2-3-12-9/h2-5H,6H2,1H3. The molecule has 0 N–H and O–H groups in total. The predicted molar refractivity (Wildman–Crippen MR) is 65.7 cm³/mol. The van der Waals surface area contributed by atoms with Crippen LogP contribution in [0.1, 0.15) is 11.4 Å². The third kappa shape index (κ3) is 3.19. The second kappa shape index (κ2) is 4.96. The van der Waals surface area contributed by atoms with Gasteiger partial charge >= 0.3 is 0 Å². The minimum absolute atomic E-state index is 0.732. The first-order chi connectivity index (χ1) is 7.24. The number of hydrogen-bond donors (Lipinski definition) is 0. The fourth-order valence-corrected chi connectivity index (χ4v) is 3.00. The molecular formula is C10H9ClN2S2. The van der Waals surface area contributed by atoms with Crippen LogP contribution in [-0.4, -0.2) is 9.97 Å². The van der Waals surface area contributed by atoms with Gasteiger partial charge in [0.05, 0.1) is 5.69 Å². The third-order valence-electron chi connectivity index (χ3n) is 1.72. The summed E-state index contributed by atoms with van der Waals surface area (Å²) in [6, 6.07) is 3.66. The summed E-state index contributed by atoms with van der Waals surface area (Å²) in [7, 11) is 0. The molecule has 0 aliphatic carbocycles. The highest BCUT2D eigenvalue weighted by Gasteiger charge is 2.01. The first-order valence-electron chi connectivity index (χ1n) is 4.39. The number of nitrogens with zero attached hydrogens (tertiary/aromatic N) is 2. The number of thioether (sulfide) groups is 1. The topological polar surface area (TPSA) is 25.8 Å². The third-order valence-corrected chi connectivity index (χ3v) is 4.13. The Balaban J connectivity index is 1.99. The molecule has 0 bridgehead atoms. The van der Waals surface area contributed by atoms with Gasteiger partial charge in [-0.1, -0.05) is 23.4 Å². The molecule has 0 radical (unpaired) electrons. The first kappa shape index (κ1) is 10.9. The van der Waals surface area contributed by atoms with Crippen LogP contribution in [0.15, 0.2) is 28.0 Å². The number of pyridine rings is 1. The maximum Gasteiger partial charge on any atom is 0.150 e. The molecule has 0 aliphatic heterocycles. The minimum atomic E-state index is 0.732. The predicted octanol–water partition coefficient (Wildman–Crippen LogP) is 3.79. The van der Waals surface area contributed by atoms with E-state index in [1.807, 2.05) is 18.4 Å². The maximum absolute atomic E-state index is 5.87. The molecule has 0 unspecified atom stereocenters. The molecule has 0 fully saturated rings. The summed E-state index contributed by atoms with van der Waals surface area (Å²) >= 11 is 9.22. The summed E-state index contributed by atoms with van der Waals surface area (Å²) in [5.74, 6) is 0.813. The summed E-state index contributed by atoms with van der Waals surface area (Å²) < 4.78 is 1.08. The number of thiazole rings is 1. The van der Waals surface area contributed by atoms with Gasteiger partial charge in [-0.25, -0.2) is 4.98 Å². The smallest absolute Gasteiger partial charge is 0.150 e. The normalized spacial score (nSPS) is 10.5. The number of halogens is 1. The lowest BCUT2D eigenvalue weighted by Gasteiger charge is -1.98. The molecule has 2 rings (SSSR count). The molecule has 2 nitrogen and oxygen atoms in total. The van der Waals surface area contributed by atoms with Crippen LogP contribution in [0.4, 0.5) is 0 Å². The molecule has 0 spiro atoms. The zero-order chi connectivity index (χ0) is 10.7. The van der Waals surface area contributed by atoms with Crippen LogP contribution < -0.4 is 0 Å². The fourth-order valence-electron chi connectivity index (χ4n) is 1.06. The van der Waals surface area contributed by atoms with E-state index in [1.54, 1.807) is 35.4 Å². The average molecular weight is 257 g/mol. The lowest BCUT2D eigenvalue weighted by molar-refractivity contribution is 1.14. The zero-order valence-electron chi connectivity index (χ0n) is 8.11. The molecule has 0 saturated carbocycles. The van der Waals surface area contributed by atoms with Gasteiger partial charge in [0.15, 0.2) is 0 Å². The Morgan fingerprint density at radius 3 is 3.07 bits per heavy atom. The second-order valence-electron chi connectivity index (χ2n) is 3.01. The monoisotopic (exact) mass is 256 g/mol. The molecule has 0 saturated heterocycles. The van der Waals surface area contributed by atoms with Crippen molar-refractivity contribution in [3.05, 3.63) is 40.1 Å². The van der Waals surface area contributed by atoms with E-state index in [0.29, 0.717) is 0 Å². The Labute approximate surface area is 102 Å². The fraction of sp³-hybridized carbons (Fsp3) is 0.200. The van der Waals surface area contributed by atoms with Gasteiger partial charge in [0.1, 0.15) is 4.34 Å². The first-order valence-corrected chi connectivity index (χ1v) is 6.64. The van der Waals surface area contributed by atoms with Gasteiger partial charge in [0.2, 0.25) is 0 Å². The lowest BCUT2D eigenvalue weighted by Crippen LogP contribution is -1.85. The minimum Gasteiger partial charge on any atom is -0.260 e. The molecule has 2 aromatic heterocycles. The van der Waals surface area contributed by atoms with Crippen molar-refractivity contribution >= 4 is 34.7 Å².